The van der Waals surface area contributed by atoms with Gasteiger partial charge in [-0.05, 0) is 88.1 Å². The second-order valence-electron chi connectivity index (χ2n) is 8.67. The summed E-state index contributed by atoms with van der Waals surface area (Å²) in [5.41, 5.74) is 1.44. The van der Waals surface area contributed by atoms with E-state index < -0.39 is 23.9 Å². The number of benzene rings is 2. The van der Waals surface area contributed by atoms with Crippen molar-refractivity contribution < 1.29 is 42.9 Å². The predicted molar refractivity (Wildman–Crippen MR) is 144 cm³/mol. The SMILES string of the molecule is C=C(C)C(=O)OCCCCOC(=O)c1ccc(Oc2ccc(C(=O)OCCCCOC(=O)C(=C)C)cc2)cc1. The van der Waals surface area contributed by atoms with Crippen LogP contribution in [0.5, 0.6) is 11.5 Å². The lowest BCUT2D eigenvalue weighted by Crippen LogP contribution is -2.09. The molecule has 0 radical (unpaired) electrons. The van der Waals surface area contributed by atoms with Crippen LogP contribution in [-0.4, -0.2) is 50.3 Å². The van der Waals surface area contributed by atoms with E-state index in [9.17, 15) is 19.2 Å². The van der Waals surface area contributed by atoms with E-state index in [0.717, 1.165) is 0 Å². The third kappa shape index (κ3) is 11.7. The topological polar surface area (TPSA) is 114 Å². The van der Waals surface area contributed by atoms with Crippen LogP contribution < -0.4 is 4.74 Å². The van der Waals surface area contributed by atoms with E-state index >= 15 is 0 Å². The Kier molecular flexibility index (Phi) is 13.0. The molecule has 0 aliphatic carbocycles. The molecule has 0 amide bonds. The molecule has 0 aromatic heterocycles. The van der Waals surface area contributed by atoms with Crippen molar-refractivity contribution in [1.82, 2.24) is 0 Å². The quantitative estimate of drug-likeness (QED) is 0.117. The Labute approximate surface area is 228 Å². The van der Waals surface area contributed by atoms with E-state index in [1.165, 1.54) is 0 Å². The van der Waals surface area contributed by atoms with Crippen LogP contribution in [0.25, 0.3) is 0 Å². The molecule has 0 N–H and O–H groups in total. The van der Waals surface area contributed by atoms with Crippen LogP contribution in [-0.2, 0) is 28.5 Å². The highest BCUT2D eigenvalue weighted by Crippen LogP contribution is 2.22. The molecule has 0 heterocycles. The molecule has 0 aliphatic heterocycles. The standard InChI is InChI=1S/C30H34O9/c1-21(2)27(31)35-17-5-7-19-37-29(33)23-9-13-25(14-10-23)39-26-15-11-24(12-16-26)30(34)38-20-8-6-18-36-28(32)22(3)4/h9-16H,1,3,5-8,17-20H2,2,4H3. The molecule has 0 atom stereocenters. The van der Waals surface area contributed by atoms with Gasteiger partial charge >= 0.3 is 23.9 Å². The second-order valence-corrected chi connectivity index (χ2v) is 8.67. The van der Waals surface area contributed by atoms with Crippen molar-refractivity contribution in [2.24, 2.45) is 0 Å². The molecule has 0 saturated carbocycles. The zero-order valence-corrected chi connectivity index (χ0v) is 22.4. The fourth-order valence-corrected chi connectivity index (χ4v) is 2.93. The van der Waals surface area contributed by atoms with Gasteiger partial charge in [0.1, 0.15) is 11.5 Å². The molecule has 2 aromatic rings. The van der Waals surface area contributed by atoms with Crippen LogP contribution in [0.3, 0.4) is 0 Å². The summed E-state index contributed by atoms with van der Waals surface area (Å²) in [6, 6.07) is 12.9. The first-order chi connectivity index (χ1) is 18.7. The Hall–Kier alpha value is -4.40. The van der Waals surface area contributed by atoms with Crippen molar-refractivity contribution in [3.05, 3.63) is 84.0 Å². The average molecular weight is 539 g/mol. The minimum Gasteiger partial charge on any atom is -0.462 e. The molecule has 0 aliphatic rings. The number of hydrogen-bond acceptors (Lipinski definition) is 9. The molecule has 0 bridgehead atoms. The lowest BCUT2D eigenvalue weighted by Gasteiger charge is -2.09. The van der Waals surface area contributed by atoms with E-state index in [1.807, 2.05) is 0 Å². The molecule has 39 heavy (non-hydrogen) atoms. The molecule has 9 nitrogen and oxygen atoms in total. The molecule has 0 saturated heterocycles. The number of hydrogen-bond donors (Lipinski definition) is 0. The lowest BCUT2D eigenvalue weighted by atomic mass is 10.2. The highest BCUT2D eigenvalue weighted by atomic mass is 16.5. The molecule has 208 valence electrons. The minimum atomic E-state index is -0.462. The summed E-state index contributed by atoms with van der Waals surface area (Å²) in [6.45, 7) is 11.1. The highest BCUT2D eigenvalue weighted by Gasteiger charge is 2.10. The Morgan fingerprint density at radius 2 is 0.846 bits per heavy atom. The van der Waals surface area contributed by atoms with E-state index in [4.69, 9.17) is 23.7 Å². The van der Waals surface area contributed by atoms with Crippen LogP contribution in [0, 0.1) is 0 Å². The van der Waals surface area contributed by atoms with Crippen molar-refractivity contribution in [2.45, 2.75) is 39.5 Å². The van der Waals surface area contributed by atoms with Gasteiger partial charge < -0.3 is 23.7 Å². The van der Waals surface area contributed by atoms with E-state index in [0.29, 0.717) is 59.5 Å². The first-order valence-corrected chi connectivity index (χ1v) is 12.5. The van der Waals surface area contributed by atoms with Crippen molar-refractivity contribution in [2.75, 3.05) is 26.4 Å². The fourth-order valence-electron chi connectivity index (χ4n) is 2.93. The largest absolute Gasteiger partial charge is 0.462 e. The molecular weight excluding hydrogens is 504 g/mol. The van der Waals surface area contributed by atoms with Crippen molar-refractivity contribution in [3.8, 4) is 11.5 Å². The van der Waals surface area contributed by atoms with E-state index in [1.54, 1.807) is 62.4 Å². The summed E-state index contributed by atoms with van der Waals surface area (Å²) in [7, 11) is 0. The Morgan fingerprint density at radius 1 is 0.538 bits per heavy atom. The summed E-state index contributed by atoms with van der Waals surface area (Å²) in [4.78, 5) is 47.0. The number of carbonyl (C=O) groups is 4. The van der Waals surface area contributed by atoms with Crippen LogP contribution in [0.15, 0.2) is 72.8 Å². The molecule has 0 unspecified atom stereocenters. The zero-order chi connectivity index (χ0) is 28.6. The van der Waals surface area contributed by atoms with Crippen molar-refractivity contribution in [3.63, 3.8) is 0 Å². The number of carbonyl (C=O) groups excluding carboxylic acids is 4. The van der Waals surface area contributed by atoms with Gasteiger partial charge in [-0.15, -0.1) is 0 Å². The molecule has 0 spiro atoms. The van der Waals surface area contributed by atoms with E-state index in [-0.39, 0.29) is 26.4 Å². The molecule has 2 aromatic carbocycles. The summed E-state index contributed by atoms with van der Waals surface area (Å²) >= 11 is 0. The smallest absolute Gasteiger partial charge is 0.338 e. The average Bonchev–Trinajstić information content (AvgIpc) is 2.92. The predicted octanol–water partition coefficient (Wildman–Crippen LogP) is 5.59. The van der Waals surface area contributed by atoms with Crippen LogP contribution in [0.2, 0.25) is 0 Å². The van der Waals surface area contributed by atoms with Crippen molar-refractivity contribution >= 4 is 23.9 Å². The normalized spacial score (nSPS) is 10.2. The third-order valence-electron chi connectivity index (χ3n) is 5.12. The Bertz CT molecular complexity index is 1060. The van der Waals surface area contributed by atoms with Gasteiger partial charge in [-0.25, -0.2) is 19.2 Å². The van der Waals surface area contributed by atoms with Gasteiger partial charge in [-0.1, -0.05) is 13.2 Å². The molecule has 9 heteroatoms. The van der Waals surface area contributed by atoms with Gasteiger partial charge in [0.05, 0.1) is 37.6 Å². The fraction of sp³-hybridized carbons (Fsp3) is 0.333. The summed E-state index contributed by atoms with van der Waals surface area (Å²) in [5, 5.41) is 0. The Balaban J connectivity index is 1.68. The number of unbranched alkanes of at least 4 members (excludes halogenated alkanes) is 2. The zero-order valence-electron chi connectivity index (χ0n) is 22.4. The van der Waals surface area contributed by atoms with Crippen LogP contribution in [0.1, 0.15) is 60.2 Å². The first kappa shape index (κ1) is 30.8. The highest BCUT2D eigenvalue weighted by molar-refractivity contribution is 5.90. The summed E-state index contributed by atoms with van der Waals surface area (Å²) in [5.74, 6) is -0.775. The maximum atomic E-state index is 12.2. The number of rotatable bonds is 16. The molecule has 0 fully saturated rings. The third-order valence-corrected chi connectivity index (χ3v) is 5.12. The number of ether oxygens (including phenoxy) is 5. The van der Waals surface area contributed by atoms with Crippen molar-refractivity contribution in [1.29, 1.82) is 0 Å². The number of esters is 4. The van der Waals surface area contributed by atoms with Gasteiger partial charge in [0, 0.05) is 11.1 Å². The van der Waals surface area contributed by atoms with Gasteiger partial charge in [-0.3, -0.25) is 0 Å². The summed E-state index contributed by atoms with van der Waals surface area (Å²) < 4.78 is 26.2. The molecule has 2 rings (SSSR count). The van der Waals surface area contributed by atoms with Gasteiger partial charge in [0.2, 0.25) is 0 Å². The van der Waals surface area contributed by atoms with E-state index in [2.05, 4.69) is 13.2 Å². The second kappa shape index (κ2) is 16.4. The lowest BCUT2D eigenvalue weighted by molar-refractivity contribution is -0.140. The minimum absolute atomic E-state index is 0.210. The monoisotopic (exact) mass is 538 g/mol. The maximum absolute atomic E-state index is 12.2. The van der Waals surface area contributed by atoms with Crippen LogP contribution in [0.4, 0.5) is 0 Å². The van der Waals surface area contributed by atoms with Gasteiger partial charge in [0.15, 0.2) is 0 Å². The maximum Gasteiger partial charge on any atom is 0.338 e. The van der Waals surface area contributed by atoms with Crippen LogP contribution >= 0.6 is 0 Å². The molecular formula is C30H34O9. The first-order valence-electron chi connectivity index (χ1n) is 12.5. The Morgan fingerprint density at radius 3 is 1.15 bits per heavy atom. The summed E-state index contributed by atoms with van der Waals surface area (Å²) in [6.07, 6.45) is 2.27. The van der Waals surface area contributed by atoms with Gasteiger partial charge in [0.25, 0.3) is 0 Å². The van der Waals surface area contributed by atoms with Gasteiger partial charge in [-0.2, -0.15) is 0 Å².